The first-order valence-electron chi connectivity index (χ1n) is 10.0. The highest BCUT2D eigenvalue weighted by molar-refractivity contribution is 7.98. The van der Waals surface area contributed by atoms with Crippen molar-refractivity contribution in [2.45, 2.75) is 4.90 Å². The second-order valence-electron chi connectivity index (χ2n) is 7.38. The minimum atomic E-state index is 0.0245. The molecular formula is C22H22N6O2S. The van der Waals surface area contributed by atoms with Crippen molar-refractivity contribution in [3.8, 4) is 17.1 Å². The Morgan fingerprint density at radius 3 is 2.52 bits per heavy atom. The molecule has 158 valence electrons. The molecule has 3 aromatic heterocycles. The van der Waals surface area contributed by atoms with Crippen molar-refractivity contribution in [3.05, 3.63) is 54.7 Å². The number of carbonyl (C=O) groups is 1. The highest BCUT2D eigenvalue weighted by Gasteiger charge is 2.20. The number of aromatic nitrogens is 5. The number of hydrogen-bond acceptors (Lipinski definition) is 6. The highest BCUT2D eigenvalue weighted by atomic mass is 32.2. The van der Waals surface area contributed by atoms with E-state index in [2.05, 4.69) is 15.1 Å². The highest BCUT2D eigenvalue weighted by Crippen LogP contribution is 2.31. The van der Waals surface area contributed by atoms with Gasteiger partial charge in [0.05, 0.1) is 24.9 Å². The Balaban J connectivity index is 1.53. The van der Waals surface area contributed by atoms with E-state index in [1.54, 1.807) is 35.0 Å². The fourth-order valence-electron chi connectivity index (χ4n) is 3.77. The van der Waals surface area contributed by atoms with Gasteiger partial charge < -0.3 is 9.64 Å². The Hall–Kier alpha value is -3.17. The quantitative estimate of drug-likeness (QED) is 0.460. The lowest BCUT2D eigenvalue weighted by molar-refractivity contribution is 0.0303. The topological polar surface area (TPSA) is 78.1 Å². The van der Waals surface area contributed by atoms with Gasteiger partial charge in [-0.25, -0.2) is 9.97 Å². The molecule has 0 aliphatic carbocycles. The van der Waals surface area contributed by atoms with Crippen molar-refractivity contribution in [1.29, 1.82) is 0 Å². The van der Waals surface area contributed by atoms with Gasteiger partial charge in [0.1, 0.15) is 0 Å². The third-order valence-corrected chi connectivity index (χ3v) is 6.19. The molecule has 9 heteroatoms. The first kappa shape index (κ1) is 19.8. The summed E-state index contributed by atoms with van der Waals surface area (Å²) in [6.07, 6.45) is 11.4. The first-order valence-corrected chi connectivity index (χ1v) is 11.2. The summed E-state index contributed by atoms with van der Waals surface area (Å²) in [6.45, 7) is 2.40. The molecule has 4 heterocycles. The smallest absolute Gasteiger partial charge is 0.254 e. The standard InChI is InChI=1S/C22H22N6O2S/c1-26-13-17(12-25-26)16-10-23-22(24-11-16)28-14-20(31-2)18-4-3-15(9-19(18)28)21(29)27-5-7-30-8-6-27/h3-4,9-14H,5-8H2,1-2H3. The monoisotopic (exact) mass is 434 g/mol. The number of carbonyl (C=O) groups excluding carboxylic acids is 1. The van der Waals surface area contributed by atoms with E-state index in [4.69, 9.17) is 4.74 Å². The number of morpholine rings is 1. The van der Waals surface area contributed by atoms with Crippen molar-refractivity contribution in [1.82, 2.24) is 29.2 Å². The van der Waals surface area contributed by atoms with Crippen molar-refractivity contribution in [3.63, 3.8) is 0 Å². The van der Waals surface area contributed by atoms with Gasteiger partial charge in [-0.3, -0.25) is 14.0 Å². The van der Waals surface area contributed by atoms with E-state index in [9.17, 15) is 4.79 Å². The van der Waals surface area contributed by atoms with E-state index in [1.165, 1.54) is 0 Å². The normalized spacial score (nSPS) is 14.3. The molecule has 0 saturated carbocycles. The molecule has 0 spiro atoms. The molecule has 0 atom stereocenters. The fourth-order valence-corrected chi connectivity index (χ4v) is 4.37. The Kier molecular flexibility index (Phi) is 5.21. The summed E-state index contributed by atoms with van der Waals surface area (Å²) in [5.74, 6) is 0.588. The third-order valence-electron chi connectivity index (χ3n) is 5.43. The van der Waals surface area contributed by atoms with Gasteiger partial charge in [-0.1, -0.05) is 6.07 Å². The minimum absolute atomic E-state index is 0.0245. The molecule has 1 aliphatic heterocycles. The summed E-state index contributed by atoms with van der Waals surface area (Å²) in [5, 5.41) is 5.28. The van der Waals surface area contributed by atoms with Gasteiger partial charge >= 0.3 is 0 Å². The summed E-state index contributed by atoms with van der Waals surface area (Å²) >= 11 is 1.66. The second-order valence-corrected chi connectivity index (χ2v) is 8.23. The minimum Gasteiger partial charge on any atom is -0.378 e. The van der Waals surface area contributed by atoms with Gasteiger partial charge in [0.15, 0.2) is 0 Å². The predicted octanol–water partition coefficient (Wildman–Crippen LogP) is 3.02. The predicted molar refractivity (Wildman–Crippen MR) is 120 cm³/mol. The molecule has 0 bridgehead atoms. The number of aryl methyl sites for hydroxylation is 1. The Morgan fingerprint density at radius 2 is 1.84 bits per heavy atom. The molecule has 1 fully saturated rings. The van der Waals surface area contributed by atoms with Crippen LogP contribution in [0.25, 0.3) is 28.0 Å². The summed E-state index contributed by atoms with van der Waals surface area (Å²) in [4.78, 5) is 25.1. The number of fused-ring (bicyclic) bond motifs is 1. The summed E-state index contributed by atoms with van der Waals surface area (Å²) < 4.78 is 9.07. The van der Waals surface area contributed by atoms with Gasteiger partial charge in [0.25, 0.3) is 5.91 Å². The lowest BCUT2D eigenvalue weighted by atomic mass is 10.1. The number of rotatable bonds is 4. The number of thioether (sulfide) groups is 1. The van der Waals surface area contributed by atoms with Crippen LogP contribution in [0.15, 0.2) is 54.1 Å². The van der Waals surface area contributed by atoms with Crippen LogP contribution in [0, 0.1) is 0 Å². The van der Waals surface area contributed by atoms with Gasteiger partial charge in [0, 0.05) is 71.9 Å². The van der Waals surface area contributed by atoms with Crippen LogP contribution in [-0.2, 0) is 11.8 Å². The van der Waals surface area contributed by atoms with E-state index in [0.29, 0.717) is 37.8 Å². The Morgan fingerprint density at radius 1 is 1.06 bits per heavy atom. The van der Waals surface area contributed by atoms with Crippen molar-refractivity contribution < 1.29 is 9.53 Å². The van der Waals surface area contributed by atoms with Crippen molar-refractivity contribution >= 4 is 28.6 Å². The number of amides is 1. The van der Waals surface area contributed by atoms with Crippen LogP contribution in [0.2, 0.25) is 0 Å². The molecule has 1 saturated heterocycles. The van der Waals surface area contributed by atoms with Crippen LogP contribution >= 0.6 is 11.8 Å². The molecule has 0 radical (unpaired) electrons. The Bertz CT molecular complexity index is 1240. The fraction of sp³-hybridized carbons (Fsp3) is 0.273. The lowest BCUT2D eigenvalue weighted by Gasteiger charge is -2.26. The van der Waals surface area contributed by atoms with Crippen LogP contribution in [0.1, 0.15) is 10.4 Å². The zero-order valence-corrected chi connectivity index (χ0v) is 18.2. The van der Waals surface area contributed by atoms with Gasteiger partial charge in [-0.05, 0) is 18.4 Å². The van der Waals surface area contributed by atoms with E-state index in [0.717, 1.165) is 26.9 Å². The number of nitrogens with zero attached hydrogens (tertiary/aromatic N) is 6. The molecule has 1 aromatic carbocycles. The molecule has 1 amide bonds. The summed E-state index contributed by atoms with van der Waals surface area (Å²) in [6, 6.07) is 5.84. The maximum Gasteiger partial charge on any atom is 0.254 e. The van der Waals surface area contributed by atoms with Crippen LogP contribution in [0.3, 0.4) is 0 Å². The van der Waals surface area contributed by atoms with E-state index >= 15 is 0 Å². The van der Waals surface area contributed by atoms with Gasteiger partial charge in [-0.15, -0.1) is 11.8 Å². The third kappa shape index (κ3) is 3.70. The average molecular weight is 435 g/mol. The molecule has 1 aliphatic rings. The number of hydrogen-bond donors (Lipinski definition) is 0. The molecule has 5 rings (SSSR count). The molecule has 0 N–H and O–H groups in total. The lowest BCUT2D eigenvalue weighted by Crippen LogP contribution is -2.40. The zero-order chi connectivity index (χ0) is 21.4. The average Bonchev–Trinajstić information content (AvgIpc) is 3.42. The summed E-state index contributed by atoms with van der Waals surface area (Å²) in [7, 11) is 1.88. The van der Waals surface area contributed by atoms with Gasteiger partial charge in [0.2, 0.25) is 5.95 Å². The van der Waals surface area contributed by atoms with Crippen molar-refractivity contribution in [2.24, 2.45) is 7.05 Å². The van der Waals surface area contributed by atoms with Crippen LogP contribution in [0.5, 0.6) is 0 Å². The molecule has 4 aromatic rings. The molecule has 8 nitrogen and oxygen atoms in total. The first-order chi connectivity index (χ1) is 15.1. The maximum absolute atomic E-state index is 13.0. The molecule has 31 heavy (non-hydrogen) atoms. The van der Waals surface area contributed by atoms with Crippen LogP contribution in [-0.4, -0.2) is 67.7 Å². The van der Waals surface area contributed by atoms with Crippen molar-refractivity contribution in [2.75, 3.05) is 32.6 Å². The molecular weight excluding hydrogens is 412 g/mol. The summed E-state index contributed by atoms with van der Waals surface area (Å²) in [5.41, 5.74) is 3.45. The number of ether oxygens (including phenoxy) is 1. The second kappa shape index (κ2) is 8.16. The zero-order valence-electron chi connectivity index (χ0n) is 17.4. The molecule has 0 unspecified atom stereocenters. The van der Waals surface area contributed by atoms with Crippen LogP contribution < -0.4 is 0 Å². The van der Waals surface area contributed by atoms with E-state index in [1.807, 2.05) is 53.4 Å². The van der Waals surface area contributed by atoms with E-state index in [-0.39, 0.29) is 5.91 Å². The van der Waals surface area contributed by atoms with Crippen LogP contribution in [0.4, 0.5) is 0 Å². The maximum atomic E-state index is 13.0. The SMILES string of the molecule is CSc1cn(-c2ncc(-c3cnn(C)c3)cn2)c2cc(C(=O)N3CCOCC3)ccc12. The Labute approximate surface area is 183 Å². The number of benzene rings is 1. The van der Waals surface area contributed by atoms with E-state index < -0.39 is 0 Å². The largest absolute Gasteiger partial charge is 0.378 e. The van der Waals surface area contributed by atoms with Gasteiger partial charge in [-0.2, -0.15) is 5.10 Å².